The number of rotatable bonds is 3. The number of nitrogens with one attached hydrogen (secondary N) is 1. The maximum atomic E-state index is 9.32. The van der Waals surface area contributed by atoms with Crippen LogP contribution in [0, 0.1) is 0 Å². The lowest BCUT2D eigenvalue weighted by Crippen LogP contribution is -2.15. The van der Waals surface area contributed by atoms with Crippen LogP contribution in [-0.2, 0) is 6.42 Å². The van der Waals surface area contributed by atoms with Gasteiger partial charge >= 0.3 is 0 Å². The van der Waals surface area contributed by atoms with Gasteiger partial charge in [-0.2, -0.15) is 4.98 Å². The van der Waals surface area contributed by atoms with Crippen molar-refractivity contribution in [2.45, 2.75) is 38.3 Å². The van der Waals surface area contributed by atoms with E-state index in [0.29, 0.717) is 18.9 Å². The van der Waals surface area contributed by atoms with Gasteiger partial charge in [-0.3, -0.25) is 0 Å². The molecule has 1 fully saturated rings. The van der Waals surface area contributed by atoms with Crippen LogP contribution in [0.1, 0.15) is 37.5 Å². The molecule has 1 saturated heterocycles. The van der Waals surface area contributed by atoms with E-state index in [-0.39, 0.29) is 12.1 Å². The van der Waals surface area contributed by atoms with Crippen LogP contribution in [0.3, 0.4) is 0 Å². The van der Waals surface area contributed by atoms with Gasteiger partial charge in [0.25, 0.3) is 0 Å². The third-order valence-electron chi connectivity index (χ3n) is 2.36. The second-order valence-electron chi connectivity index (χ2n) is 3.65. The molecule has 1 aliphatic rings. The Kier molecular flexibility index (Phi) is 2.79. The summed E-state index contributed by atoms with van der Waals surface area (Å²) in [5.74, 6) is 1.36. The summed E-state index contributed by atoms with van der Waals surface area (Å²) in [5.41, 5.74) is 0. The Morgan fingerprint density at radius 1 is 1.64 bits per heavy atom. The lowest BCUT2D eigenvalue weighted by atomic mass is 10.2. The van der Waals surface area contributed by atoms with Crippen molar-refractivity contribution in [2.75, 3.05) is 6.54 Å². The number of aliphatic hydroxyl groups excluding tert-OH is 1. The molecular weight excluding hydrogens is 182 g/mol. The normalized spacial score (nSPS) is 27.0. The zero-order valence-corrected chi connectivity index (χ0v) is 8.23. The molecule has 0 saturated carbocycles. The van der Waals surface area contributed by atoms with Gasteiger partial charge in [0.1, 0.15) is 0 Å². The number of β-amino-alcohol motifs (C(OH)–C–C–N with tert-alkyl or cyclic N) is 1. The number of hydrogen-bond donors (Lipinski definition) is 2. The van der Waals surface area contributed by atoms with Crippen molar-refractivity contribution < 1.29 is 9.63 Å². The minimum atomic E-state index is -0.290. The highest BCUT2D eigenvalue weighted by atomic mass is 16.5. The predicted octanol–water partition coefficient (Wildman–Crippen LogP) is 0.417. The van der Waals surface area contributed by atoms with E-state index >= 15 is 0 Å². The van der Waals surface area contributed by atoms with Gasteiger partial charge in [0.15, 0.2) is 5.82 Å². The average molecular weight is 197 g/mol. The van der Waals surface area contributed by atoms with Crippen LogP contribution in [0.2, 0.25) is 0 Å². The van der Waals surface area contributed by atoms with Gasteiger partial charge in [-0.1, -0.05) is 12.1 Å². The van der Waals surface area contributed by atoms with Crippen molar-refractivity contribution >= 4 is 0 Å². The molecule has 78 valence electrons. The summed E-state index contributed by atoms with van der Waals surface area (Å²) < 4.78 is 5.11. The third kappa shape index (κ3) is 1.93. The molecule has 0 aromatic carbocycles. The molecule has 1 aliphatic heterocycles. The Morgan fingerprint density at radius 2 is 2.50 bits per heavy atom. The Bertz CT molecular complexity index is 300. The van der Waals surface area contributed by atoms with Crippen molar-refractivity contribution in [1.29, 1.82) is 0 Å². The van der Waals surface area contributed by atoms with Gasteiger partial charge < -0.3 is 14.9 Å². The molecule has 5 nitrogen and oxygen atoms in total. The zero-order valence-electron chi connectivity index (χ0n) is 8.23. The Hall–Kier alpha value is -0.940. The Labute approximate surface area is 82.5 Å². The molecule has 0 bridgehead atoms. The van der Waals surface area contributed by atoms with Gasteiger partial charge in [-0.25, -0.2) is 0 Å². The summed E-state index contributed by atoms with van der Waals surface area (Å²) in [7, 11) is 0. The molecule has 2 atom stereocenters. The summed E-state index contributed by atoms with van der Waals surface area (Å²) in [5, 5.41) is 16.3. The summed E-state index contributed by atoms with van der Waals surface area (Å²) >= 11 is 0. The SMILES string of the molecule is CCCc1noc([C@@H]2C[C@H](O)CN2)n1. The number of nitrogens with zero attached hydrogens (tertiary/aromatic N) is 2. The van der Waals surface area contributed by atoms with Gasteiger partial charge in [-0.15, -0.1) is 0 Å². The van der Waals surface area contributed by atoms with E-state index in [2.05, 4.69) is 22.4 Å². The second-order valence-corrected chi connectivity index (χ2v) is 3.65. The van der Waals surface area contributed by atoms with Crippen LogP contribution in [0.25, 0.3) is 0 Å². The molecule has 5 heteroatoms. The molecule has 14 heavy (non-hydrogen) atoms. The Morgan fingerprint density at radius 3 is 3.14 bits per heavy atom. The van der Waals surface area contributed by atoms with Gasteiger partial charge in [0, 0.05) is 13.0 Å². The fourth-order valence-electron chi connectivity index (χ4n) is 1.64. The van der Waals surface area contributed by atoms with Crippen LogP contribution in [0.5, 0.6) is 0 Å². The summed E-state index contributed by atoms with van der Waals surface area (Å²) in [4.78, 5) is 4.27. The van der Waals surface area contributed by atoms with E-state index in [9.17, 15) is 5.11 Å². The van der Waals surface area contributed by atoms with Gasteiger partial charge in [0.2, 0.25) is 5.89 Å². The minimum Gasteiger partial charge on any atom is -0.392 e. The molecule has 2 N–H and O–H groups in total. The van der Waals surface area contributed by atoms with Crippen LogP contribution >= 0.6 is 0 Å². The minimum absolute atomic E-state index is 0.0307. The first kappa shape index (κ1) is 9.61. The molecule has 1 aromatic heterocycles. The highest BCUT2D eigenvalue weighted by molar-refractivity contribution is 4.97. The maximum absolute atomic E-state index is 9.32. The van der Waals surface area contributed by atoms with E-state index in [1.54, 1.807) is 0 Å². The van der Waals surface area contributed by atoms with Crippen molar-refractivity contribution in [3.8, 4) is 0 Å². The molecule has 0 aliphatic carbocycles. The highest BCUT2D eigenvalue weighted by Gasteiger charge is 2.27. The summed E-state index contributed by atoms with van der Waals surface area (Å²) in [6.07, 6.45) is 2.23. The summed E-state index contributed by atoms with van der Waals surface area (Å²) in [6.45, 7) is 2.68. The first-order valence-electron chi connectivity index (χ1n) is 5.03. The fraction of sp³-hybridized carbons (Fsp3) is 0.778. The molecule has 0 radical (unpaired) electrons. The largest absolute Gasteiger partial charge is 0.392 e. The van der Waals surface area contributed by atoms with Crippen LogP contribution < -0.4 is 5.32 Å². The molecule has 1 aromatic rings. The second kappa shape index (κ2) is 4.06. The van der Waals surface area contributed by atoms with E-state index in [1.807, 2.05) is 0 Å². The van der Waals surface area contributed by atoms with Crippen molar-refractivity contribution in [3.05, 3.63) is 11.7 Å². The molecule has 2 rings (SSSR count). The quantitative estimate of drug-likeness (QED) is 0.734. The highest BCUT2D eigenvalue weighted by Crippen LogP contribution is 2.21. The lowest BCUT2D eigenvalue weighted by molar-refractivity contribution is 0.191. The van der Waals surface area contributed by atoms with Crippen molar-refractivity contribution in [2.24, 2.45) is 0 Å². The maximum Gasteiger partial charge on any atom is 0.243 e. The number of aryl methyl sites for hydroxylation is 1. The summed E-state index contributed by atoms with van der Waals surface area (Å²) in [6, 6.07) is 0.0307. The zero-order chi connectivity index (χ0) is 9.97. The predicted molar refractivity (Wildman–Crippen MR) is 49.7 cm³/mol. The lowest BCUT2D eigenvalue weighted by Gasteiger charge is -2.01. The van der Waals surface area contributed by atoms with E-state index in [4.69, 9.17) is 4.52 Å². The molecule has 0 unspecified atom stereocenters. The van der Waals surface area contributed by atoms with Crippen LogP contribution in [0.15, 0.2) is 4.52 Å². The first-order chi connectivity index (χ1) is 6.79. The first-order valence-corrected chi connectivity index (χ1v) is 5.03. The molecular formula is C9H15N3O2. The Balaban J connectivity index is 2.02. The van der Waals surface area contributed by atoms with E-state index in [0.717, 1.165) is 18.7 Å². The number of hydrogen-bond acceptors (Lipinski definition) is 5. The topological polar surface area (TPSA) is 71.2 Å². The fourth-order valence-corrected chi connectivity index (χ4v) is 1.64. The van der Waals surface area contributed by atoms with E-state index in [1.165, 1.54) is 0 Å². The van der Waals surface area contributed by atoms with Gasteiger partial charge in [0.05, 0.1) is 12.1 Å². The standard InChI is InChI=1S/C9H15N3O2/c1-2-3-8-11-9(14-12-8)7-4-6(13)5-10-7/h6-7,10,13H,2-5H2,1H3/t6-,7-/m0/s1. The third-order valence-corrected chi connectivity index (χ3v) is 2.36. The molecule has 2 heterocycles. The van der Waals surface area contributed by atoms with Crippen LogP contribution in [0.4, 0.5) is 0 Å². The van der Waals surface area contributed by atoms with Crippen LogP contribution in [-0.4, -0.2) is 27.9 Å². The van der Waals surface area contributed by atoms with Gasteiger partial charge in [-0.05, 0) is 12.8 Å². The van der Waals surface area contributed by atoms with E-state index < -0.39 is 0 Å². The van der Waals surface area contributed by atoms with Crippen molar-refractivity contribution in [3.63, 3.8) is 0 Å². The number of aromatic nitrogens is 2. The monoisotopic (exact) mass is 197 g/mol. The average Bonchev–Trinajstić information content (AvgIpc) is 2.74. The smallest absolute Gasteiger partial charge is 0.243 e. The molecule has 0 spiro atoms. The van der Waals surface area contributed by atoms with Crippen molar-refractivity contribution in [1.82, 2.24) is 15.5 Å². The molecule has 0 amide bonds. The number of aliphatic hydroxyl groups is 1.